The molecule has 0 heterocycles. The van der Waals surface area contributed by atoms with Crippen molar-refractivity contribution in [2.24, 2.45) is 5.10 Å². The van der Waals surface area contributed by atoms with Gasteiger partial charge in [0.15, 0.2) is 6.61 Å². The molecule has 8 heteroatoms. The Labute approximate surface area is 168 Å². The first-order valence-corrected chi connectivity index (χ1v) is 8.79. The summed E-state index contributed by atoms with van der Waals surface area (Å²) in [5.41, 5.74) is 4.48. The van der Waals surface area contributed by atoms with Crippen LogP contribution in [-0.2, 0) is 14.4 Å². The third kappa shape index (κ3) is 7.67. The lowest BCUT2D eigenvalue weighted by molar-refractivity contribution is -0.139. The first-order chi connectivity index (χ1) is 14.0. The van der Waals surface area contributed by atoms with Crippen molar-refractivity contribution in [3.63, 3.8) is 0 Å². The van der Waals surface area contributed by atoms with Gasteiger partial charge in [-0.05, 0) is 42.3 Å². The molecule has 150 valence electrons. The number of hydrogen-bond acceptors (Lipinski definition) is 5. The van der Waals surface area contributed by atoms with Crippen molar-refractivity contribution in [3.05, 3.63) is 72.3 Å². The van der Waals surface area contributed by atoms with Crippen LogP contribution in [0.2, 0.25) is 0 Å². The Balaban J connectivity index is 1.84. The van der Waals surface area contributed by atoms with E-state index in [0.29, 0.717) is 17.0 Å². The Morgan fingerprint density at radius 2 is 1.90 bits per heavy atom. The van der Waals surface area contributed by atoms with Gasteiger partial charge < -0.3 is 15.4 Å². The SMILES string of the molecule is C=CCNC(=O)C(=O)N/N=C\c1cccc(OCC(=O)Nc2cccc(C)c2)c1. The van der Waals surface area contributed by atoms with Crippen LogP contribution in [0.5, 0.6) is 5.75 Å². The van der Waals surface area contributed by atoms with Crippen molar-refractivity contribution < 1.29 is 19.1 Å². The molecule has 0 bridgehead atoms. The summed E-state index contributed by atoms with van der Waals surface area (Å²) in [6, 6.07) is 14.2. The van der Waals surface area contributed by atoms with E-state index in [1.807, 2.05) is 25.1 Å². The highest BCUT2D eigenvalue weighted by Crippen LogP contribution is 2.13. The van der Waals surface area contributed by atoms with E-state index in [4.69, 9.17) is 4.74 Å². The molecular weight excluding hydrogens is 372 g/mol. The number of carbonyl (C=O) groups excluding carboxylic acids is 3. The van der Waals surface area contributed by atoms with Gasteiger partial charge in [0.25, 0.3) is 5.91 Å². The van der Waals surface area contributed by atoms with Gasteiger partial charge in [-0.25, -0.2) is 5.43 Å². The molecule has 0 saturated heterocycles. The zero-order valence-electron chi connectivity index (χ0n) is 16.0. The summed E-state index contributed by atoms with van der Waals surface area (Å²) in [6.45, 7) is 5.41. The molecule has 0 radical (unpaired) electrons. The molecule has 0 atom stereocenters. The first kappa shape index (κ1) is 21.4. The molecule has 29 heavy (non-hydrogen) atoms. The molecule has 0 aliphatic rings. The minimum atomic E-state index is -0.886. The van der Waals surface area contributed by atoms with Gasteiger partial charge in [0.1, 0.15) is 5.75 Å². The van der Waals surface area contributed by atoms with Crippen LogP contribution in [0.1, 0.15) is 11.1 Å². The number of anilines is 1. The third-order valence-electron chi connectivity index (χ3n) is 3.52. The number of nitrogens with one attached hydrogen (secondary N) is 3. The Hall–Kier alpha value is -3.94. The molecule has 3 N–H and O–H groups in total. The topological polar surface area (TPSA) is 109 Å². The molecule has 0 aromatic heterocycles. The van der Waals surface area contributed by atoms with Crippen molar-refractivity contribution in [3.8, 4) is 5.75 Å². The summed E-state index contributed by atoms with van der Waals surface area (Å²) in [7, 11) is 0. The number of carbonyl (C=O) groups is 3. The zero-order chi connectivity index (χ0) is 21.1. The molecule has 0 saturated carbocycles. The van der Waals surface area contributed by atoms with Crippen molar-refractivity contribution >= 4 is 29.6 Å². The molecule has 2 aromatic rings. The van der Waals surface area contributed by atoms with Crippen molar-refractivity contribution in [2.45, 2.75) is 6.92 Å². The maximum Gasteiger partial charge on any atom is 0.329 e. The van der Waals surface area contributed by atoms with E-state index >= 15 is 0 Å². The smallest absolute Gasteiger partial charge is 0.329 e. The molecule has 0 aliphatic carbocycles. The molecule has 8 nitrogen and oxygen atoms in total. The normalized spacial score (nSPS) is 10.2. The number of hydrazone groups is 1. The van der Waals surface area contributed by atoms with Crippen molar-refractivity contribution in [1.29, 1.82) is 0 Å². The predicted molar refractivity (Wildman–Crippen MR) is 111 cm³/mol. The highest BCUT2D eigenvalue weighted by atomic mass is 16.5. The number of benzene rings is 2. The number of aryl methyl sites for hydroxylation is 1. The van der Waals surface area contributed by atoms with Crippen LogP contribution in [0.15, 0.2) is 66.3 Å². The fourth-order valence-electron chi connectivity index (χ4n) is 2.21. The monoisotopic (exact) mass is 394 g/mol. The minimum Gasteiger partial charge on any atom is -0.484 e. The summed E-state index contributed by atoms with van der Waals surface area (Å²) in [5.74, 6) is -1.52. The van der Waals surface area contributed by atoms with Gasteiger partial charge in [-0.1, -0.05) is 30.3 Å². The maximum absolute atomic E-state index is 12.0. The molecule has 0 unspecified atom stereocenters. The molecule has 0 fully saturated rings. The summed E-state index contributed by atoms with van der Waals surface area (Å²) < 4.78 is 5.49. The molecule has 0 aliphatic heterocycles. The Morgan fingerprint density at radius 3 is 2.66 bits per heavy atom. The van der Waals surface area contributed by atoms with E-state index in [9.17, 15) is 14.4 Å². The van der Waals surface area contributed by atoms with Gasteiger partial charge in [0, 0.05) is 12.2 Å². The van der Waals surface area contributed by atoms with Crippen LogP contribution in [0.4, 0.5) is 5.69 Å². The standard InChI is InChI=1S/C21H22N4O4/c1-3-10-22-20(27)21(28)25-23-13-16-7-5-9-18(12-16)29-14-19(26)24-17-8-4-6-15(2)11-17/h3-9,11-13H,1,10,14H2,2H3,(H,22,27)(H,24,26)(H,25,28)/b23-13-. The lowest BCUT2D eigenvalue weighted by Crippen LogP contribution is -2.37. The van der Waals surface area contributed by atoms with Gasteiger partial charge in [-0.2, -0.15) is 5.10 Å². The molecule has 0 spiro atoms. The maximum atomic E-state index is 12.0. The van der Waals surface area contributed by atoms with Gasteiger partial charge in [0.05, 0.1) is 6.21 Å². The van der Waals surface area contributed by atoms with E-state index in [1.165, 1.54) is 12.3 Å². The van der Waals surface area contributed by atoms with E-state index in [1.54, 1.807) is 30.3 Å². The number of amides is 3. The van der Waals surface area contributed by atoms with Crippen molar-refractivity contribution in [1.82, 2.24) is 10.7 Å². The van der Waals surface area contributed by atoms with Crippen LogP contribution in [0.25, 0.3) is 0 Å². The lowest BCUT2D eigenvalue weighted by atomic mass is 10.2. The Kier molecular flexibility index (Phi) is 8.12. The molecule has 2 aromatic carbocycles. The highest BCUT2D eigenvalue weighted by molar-refractivity contribution is 6.35. The Bertz CT molecular complexity index is 924. The predicted octanol–water partition coefficient (Wildman–Crippen LogP) is 1.76. The fraction of sp³-hybridized carbons (Fsp3) is 0.143. The summed E-state index contributed by atoms with van der Waals surface area (Å²) in [6.07, 6.45) is 2.82. The van der Waals surface area contributed by atoms with Crippen LogP contribution < -0.4 is 20.8 Å². The summed E-state index contributed by atoms with van der Waals surface area (Å²) in [5, 5.41) is 8.82. The summed E-state index contributed by atoms with van der Waals surface area (Å²) >= 11 is 0. The minimum absolute atomic E-state index is 0.158. The largest absolute Gasteiger partial charge is 0.484 e. The average Bonchev–Trinajstić information content (AvgIpc) is 2.70. The summed E-state index contributed by atoms with van der Waals surface area (Å²) in [4.78, 5) is 34.9. The number of ether oxygens (including phenoxy) is 1. The van der Waals surface area contributed by atoms with E-state index in [2.05, 4.69) is 27.7 Å². The van der Waals surface area contributed by atoms with Crippen LogP contribution in [0, 0.1) is 6.92 Å². The second-order valence-electron chi connectivity index (χ2n) is 5.98. The second-order valence-corrected chi connectivity index (χ2v) is 5.98. The number of rotatable bonds is 8. The molecule has 2 rings (SSSR count). The van der Waals surface area contributed by atoms with Crippen LogP contribution in [-0.4, -0.2) is 37.1 Å². The third-order valence-corrected chi connectivity index (χ3v) is 3.52. The van der Waals surface area contributed by atoms with Gasteiger partial charge in [-0.15, -0.1) is 6.58 Å². The highest BCUT2D eigenvalue weighted by Gasteiger charge is 2.10. The van der Waals surface area contributed by atoms with Crippen molar-refractivity contribution in [2.75, 3.05) is 18.5 Å². The van der Waals surface area contributed by atoms with Crippen LogP contribution in [0.3, 0.4) is 0 Å². The zero-order valence-corrected chi connectivity index (χ0v) is 16.0. The number of hydrogen-bond donors (Lipinski definition) is 3. The fourth-order valence-corrected chi connectivity index (χ4v) is 2.21. The Morgan fingerprint density at radius 1 is 1.10 bits per heavy atom. The van der Waals surface area contributed by atoms with E-state index in [-0.39, 0.29) is 19.1 Å². The average molecular weight is 394 g/mol. The second kappa shape index (κ2) is 11.0. The van der Waals surface area contributed by atoms with Gasteiger partial charge in [0.2, 0.25) is 0 Å². The molecule has 3 amide bonds. The van der Waals surface area contributed by atoms with Gasteiger partial charge >= 0.3 is 11.8 Å². The lowest BCUT2D eigenvalue weighted by Gasteiger charge is -2.08. The first-order valence-electron chi connectivity index (χ1n) is 8.79. The quantitative estimate of drug-likeness (QED) is 0.274. The molecular formula is C21H22N4O4. The van der Waals surface area contributed by atoms with E-state index < -0.39 is 11.8 Å². The van der Waals surface area contributed by atoms with E-state index in [0.717, 1.165) is 5.56 Å². The number of nitrogens with zero attached hydrogens (tertiary/aromatic N) is 1. The van der Waals surface area contributed by atoms with Gasteiger partial charge in [-0.3, -0.25) is 14.4 Å². The van der Waals surface area contributed by atoms with Crippen LogP contribution >= 0.6 is 0 Å².